The molecule has 6 rings (SSSR count). The van der Waals surface area contributed by atoms with E-state index < -0.39 is 11.9 Å². The maximum absolute atomic E-state index is 14.7. The summed E-state index contributed by atoms with van der Waals surface area (Å²) in [6, 6.07) is 14.0. The van der Waals surface area contributed by atoms with Crippen LogP contribution >= 0.6 is 0 Å². The molecule has 2 aliphatic rings. The van der Waals surface area contributed by atoms with Crippen LogP contribution in [-0.2, 0) is 4.79 Å². The van der Waals surface area contributed by atoms with Crippen LogP contribution in [0.15, 0.2) is 60.9 Å². The first-order chi connectivity index (χ1) is 19.9. The highest BCUT2D eigenvalue weighted by atomic mass is 19.1. The lowest BCUT2D eigenvalue weighted by Gasteiger charge is -2.34. The second-order valence-corrected chi connectivity index (χ2v) is 10.1. The van der Waals surface area contributed by atoms with Crippen molar-refractivity contribution >= 4 is 28.9 Å². The van der Waals surface area contributed by atoms with Gasteiger partial charge in [0.1, 0.15) is 29.0 Å². The smallest absolute Gasteiger partial charge is 0.265 e. The lowest BCUT2D eigenvalue weighted by Crippen LogP contribution is -2.43. The first-order valence-corrected chi connectivity index (χ1v) is 13.4. The number of nitrogens with zero attached hydrogens (tertiary/aromatic N) is 4. The molecule has 1 fully saturated rings. The Kier molecular flexibility index (Phi) is 7.10. The van der Waals surface area contributed by atoms with E-state index in [4.69, 9.17) is 15.2 Å². The van der Waals surface area contributed by atoms with Crippen LogP contribution in [0, 0.1) is 5.82 Å². The van der Waals surface area contributed by atoms with E-state index in [0.29, 0.717) is 35.4 Å². The van der Waals surface area contributed by atoms with Crippen molar-refractivity contribution in [2.24, 2.45) is 5.73 Å². The van der Waals surface area contributed by atoms with Gasteiger partial charge in [0, 0.05) is 48.8 Å². The number of nitrogens with one attached hydrogen (secondary N) is 2. The van der Waals surface area contributed by atoms with Crippen LogP contribution in [0.5, 0.6) is 11.5 Å². The number of rotatable bonds is 6. The van der Waals surface area contributed by atoms with Crippen LogP contribution in [0.2, 0.25) is 0 Å². The Bertz CT molecular complexity index is 1620. The first kappa shape index (κ1) is 26.5. The van der Waals surface area contributed by atoms with E-state index in [9.17, 15) is 9.18 Å². The molecule has 0 saturated carbocycles. The van der Waals surface area contributed by atoms with Crippen LogP contribution in [0.25, 0.3) is 22.5 Å². The number of amides is 1. The maximum Gasteiger partial charge on any atom is 0.265 e. The molecule has 1 amide bonds. The largest absolute Gasteiger partial charge is 0.496 e. The average molecular weight is 556 g/mol. The minimum Gasteiger partial charge on any atom is -0.496 e. The summed E-state index contributed by atoms with van der Waals surface area (Å²) in [6.45, 7) is 3.26. The Morgan fingerprint density at radius 3 is 2.88 bits per heavy atom. The number of piperidine rings is 1. The minimum absolute atomic E-state index is 0.0547. The fourth-order valence-corrected chi connectivity index (χ4v) is 5.17. The molecule has 0 aliphatic carbocycles. The number of carbonyl (C=O) groups excluding carboxylic acids is 1. The molecular weight excluding hydrogens is 525 g/mol. The SMILES string of the molecule is COc1cccc(F)c1-c1nccc(Nc2cc(N3CCC[C@H](N)C3)c(-c3ccc4c(c3)NC(=O)C(C)O4)cn2)n1. The van der Waals surface area contributed by atoms with Gasteiger partial charge in [0.25, 0.3) is 5.91 Å². The molecule has 1 unspecified atom stereocenters. The van der Waals surface area contributed by atoms with Gasteiger partial charge in [-0.25, -0.2) is 19.3 Å². The zero-order valence-electron chi connectivity index (χ0n) is 22.7. The summed E-state index contributed by atoms with van der Waals surface area (Å²) in [6.07, 6.45) is 4.73. The molecule has 210 valence electrons. The van der Waals surface area contributed by atoms with E-state index >= 15 is 0 Å². The zero-order chi connectivity index (χ0) is 28.5. The Morgan fingerprint density at radius 2 is 2.05 bits per heavy atom. The molecule has 11 heteroatoms. The molecule has 0 radical (unpaired) electrons. The van der Waals surface area contributed by atoms with Gasteiger partial charge in [-0.15, -0.1) is 0 Å². The van der Waals surface area contributed by atoms with Gasteiger partial charge in [-0.1, -0.05) is 12.1 Å². The van der Waals surface area contributed by atoms with Gasteiger partial charge in [-0.2, -0.15) is 0 Å². The van der Waals surface area contributed by atoms with Crippen LogP contribution in [0.4, 0.5) is 27.4 Å². The molecule has 4 aromatic rings. The Balaban J connectivity index is 1.36. The van der Waals surface area contributed by atoms with Crippen molar-refractivity contribution in [3.63, 3.8) is 0 Å². The van der Waals surface area contributed by atoms with E-state index in [1.165, 1.54) is 13.2 Å². The Morgan fingerprint density at radius 1 is 1.17 bits per heavy atom. The third-order valence-electron chi connectivity index (χ3n) is 7.23. The summed E-state index contributed by atoms with van der Waals surface area (Å²) < 4.78 is 25.8. The van der Waals surface area contributed by atoms with Crippen molar-refractivity contribution in [2.45, 2.75) is 31.9 Å². The number of hydrogen-bond acceptors (Lipinski definition) is 9. The van der Waals surface area contributed by atoms with Crippen molar-refractivity contribution in [1.82, 2.24) is 15.0 Å². The van der Waals surface area contributed by atoms with Crippen LogP contribution < -0.4 is 30.7 Å². The second-order valence-electron chi connectivity index (χ2n) is 10.1. The van der Waals surface area contributed by atoms with E-state index in [1.807, 2.05) is 24.3 Å². The number of nitrogens with two attached hydrogens (primary N) is 1. The topological polar surface area (TPSA) is 128 Å². The third kappa shape index (κ3) is 5.36. The highest BCUT2D eigenvalue weighted by Crippen LogP contribution is 2.39. The number of hydrogen-bond donors (Lipinski definition) is 3. The molecule has 1 saturated heterocycles. The zero-order valence-corrected chi connectivity index (χ0v) is 22.7. The number of pyridine rings is 1. The van der Waals surface area contributed by atoms with E-state index in [-0.39, 0.29) is 23.3 Å². The van der Waals surface area contributed by atoms with Gasteiger partial charge in [0.15, 0.2) is 11.9 Å². The maximum atomic E-state index is 14.7. The summed E-state index contributed by atoms with van der Waals surface area (Å²) in [5.74, 6) is 1.49. The van der Waals surface area contributed by atoms with E-state index in [0.717, 1.165) is 36.2 Å². The lowest BCUT2D eigenvalue weighted by molar-refractivity contribution is -0.122. The molecular formula is C30H30FN7O3. The van der Waals surface area contributed by atoms with Crippen molar-refractivity contribution in [2.75, 3.05) is 35.7 Å². The minimum atomic E-state index is -0.549. The van der Waals surface area contributed by atoms with Crippen molar-refractivity contribution in [3.05, 3.63) is 66.7 Å². The summed E-state index contributed by atoms with van der Waals surface area (Å²) in [4.78, 5) is 27.9. The highest BCUT2D eigenvalue weighted by Gasteiger charge is 2.26. The van der Waals surface area contributed by atoms with Crippen LogP contribution in [0.3, 0.4) is 0 Å². The van der Waals surface area contributed by atoms with Gasteiger partial charge in [0.2, 0.25) is 0 Å². The molecule has 0 bridgehead atoms. The van der Waals surface area contributed by atoms with Gasteiger partial charge >= 0.3 is 0 Å². The molecule has 4 heterocycles. The molecule has 41 heavy (non-hydrogen) atoms. The molecule has 10 nitrogen and oxygen atoms in total. The number of methoxy groups -OCH3 is 1. The summed E-state index contributed by atoms with van der Waals surface area (Å²) >= 11 is 0. The normalized spacial score (nSPS) is 18.2. The number of fused-ring (bicyclic) bond motifs is 1. The molecule has 2 aromatic heterocycles. The van der Waals surface area contributed by atoms with E-state index in [1.54, 1.807) is 37.5 Å². The summed E-state index contributed by atoms with van der Waals surface area (Å²) in [7, 11) is 1.48. The highest BCUT2D eigenvalue weighted by molar-refractivity contribution is 5.98. The van der Waals surface area contributed by atoms with Crippen molar-refractivity contribution in [1.29, 1.82) is 0 Å². The number of ether oxygens (including phenoxy) is 2. The number of halogens is 1. The first-order valence-electron chi connectivity index (χ1n) is 13.4. The number of carbonyl (C=O) groups is 1. The predicted molar refractivity (Wildman–Crippen MR) is 155 cm³/mol. The van der Waals surface area contributed by atoms with Gasteiger partial charge < -0.3 is 30.7 Å². The van der Waals surface area contributed by atoms with Crippen LogP contribution in [0.1, 0.15) is 19.8 Å². The summed E-state index contributed by atoms with van der Waals surface area (Å²) in [5.41, 5.74) is 9.86. The van der Waals surface area contributed by atoms with Crippen molar-refractivity contribution < 1.29 is 18.7 Å². The number of aromatic nitrogens is 3. The molecule has 2 atom stereocenters. The van der Waals surface area contributed by atoms with E-state index in [2.05, 4.69) is 30.5 Å². The van der Waals surface area contributed by atoms with Gasteiger partial charge in [-0.05, 0) is 55.7 Å². The predicted octanol–water partition coefficient (Wildman–Crippen LogP) is 4.74. The molecule has 2 aliphatic heterocycles. The van der Waals surface area contributed by atoms with Gasteiger partial charge in [0.05, 0.1) is 18.4 Å². The standard InChI is InChI=1S/C30H30FN7O3/c1-17-30(39)35-22-13-18(8-9-24(22)41-17)20-15-34-27(14-23(20)38-12-4-5-19(32)16-38)36-26-10-11-33-29(37-26)28-21(31)6-3-7-25(28)40-2/h3,6-11,13-15,17,19H,4-5,12,16,32H2,1-2H3,(H,35,39)(H,33,34,36,37)/t17?,19-/m0/s1. The second kappa shape index (κ2) is 11.0. The molecule has 0 spiro atoms. The van der Waals surface area contributed by atoms with Gasteiger partial charge in [-0.3, -0.25) is 4.79 Å². The Labute approximate surface area is 236 Å². The van der Waals surface area contributed by atoms with Crippen molar-refractivity contribution in [3.8, 4) is 34.0 Å². The fraction of sp³-hybridized carbons (Fsp3) is 0.267. The monoisotopic (exact) mass is 555 g/mol. The number of anilines is 4. The fourth-order valence-electron chi connectivity index (χ4n) is 5.17. The molecule has 4 N–H and O–H groups in total. The number of benzene rings is 2. The third-order valence-corrected chi connectivity index (χ3v) is 7.23. The lowest BCUT2D eigenvalue weighted by atomic mass is 10.0. The summed E-state index contributed by atoms with van der Waals surface area (Å²) in [5, 5.41) is 6.16. The molecule has 2 aromatic carbocycles. The van der Waals surface area contributed by atoms with Crippen LogP contribution in [-0.4, -0.2) is 53.2 Å². The quantitative estimate of drug-likeness (QED) is 0.309. The Hall–Kier alpha value is -4.77. The average Bonchev–Trinajstić information content (AvgIpc) is 2.97.